The van der Waals surface area contributed by atoms with Gasteiger partial charge in [-0.15, -0.1) is 11.8 Å². The van der Waals surface area contributed by atoms with Crippen LogP contribution in [0.15, 0.2) is 29.2 Å². The molecular weight excluding hydrogens is 282 g/mol. The van der Waals surface area contributed by atoms with Crippen LogP contribution >= 0.6 is 11.8 Å². The van der Waals surface area contributed by atoms with E-state index < -0.39 is 0 Å². The van der Waals surface area contributed by atoms with Gasteiger partial charge in [0.05, 0.1) is 12.4 Å². The maximum absolute atomic E-state index is 11.6. The molecule has 0 aliphatic rings. The minimum absolute atomic E-state index is 0.129. The topological polar surface area (TPSA) is 38.3 Å². The summed E-state index contributed by atoms with van der Waals surface area (Å²) in [5, 5.41) is 3.47. The smallest absolute Gasteiger partial charge is 0.316 e. The van der Waals surface area contributed by atoms with Crippen molar-refractivity contribution in [3.63, 3.8) is 0 Å². The van der Waals surface area contributed by atoms with Crippen molar-refractivity contribution in [1.29, 1.82) is 0 Å². The molecule has 0 aliphatic heterocycles. The van der Waals surface area contributed by atoms with E-state index >= 15 is 0 Å². The molecule has 4 heteroatoms. The Labute approximate surface area is 132 Å². The minimum atomic E-state index is -0.129. The highest BCUT2D eigenvalue weighted by Crippen LogP contribution is 2.22. The van der Waals surface area contributed by atoms with E-state index in [9.17, 15) is 4.79 Å². The van der Waals surface area contributed by atoms with Crippen molar-refractivity contribution in [2.45, 2.75) is 51.0 Å². The number of benzene rings is 1. The highest BCUT2D eigenvalue weighted by atomic mass is 32.2. The summed E-state index contributed by atoms with van der Waals surface area (Å²) in [6.45, 7) is 7.96. The lowest BCUT2D eigenvalue weighted by molar-refractivity contribution is -0.140. The van der Waals surface area contributed by atoms with Gasteiger partial charge >= 0.3 is 5.97 Å². The molecule has 0 amide bonds. The van der Waals surface area contributed by atoms with Crippen LogP contribution in [0.3, 0.4) is 0 Å². The second-order valence-electron chi connectivity index (χ2n) is 5.11. The monoisotopic (exact) mass is 309 g/mol. The van der Waals surface area contributed by atoms with Gasteiger partial charge in [-0.3, -0.25) is 4.79 Å². The fraction of sp³-hybridized carbons (Fsp3) is 0.588. The van der Waals surface area contributed by atoms with Gasteiger partial charge in [-0.1, -0.05) is 32.4 Å². The molecule has 21 heavy (non-hydrogen) atoms. The molecule has 1 unspecified atom stereocenters. The third-order valence-corrected chi connectivity index (χ3v) is 4.14. The Balaban J connectivity index is 2.43. The largest absolute Gasteiger partial charge is 0.465 e. The zero-order valence-corrected chi connectivity index (χ0v) is 14.2. The van der Waals surface area contributed by atoms with Crippen LogP contribution in [0.1, 0.15) is 51.6 Å². The molecule has 0 spiro atoms. The molecule has 0 saturated carbocycles. The van der Waals surface area contributed by atoms with Crippen LogP contribution in [0.2, 0.25) is 0 Å². The molecule has 118 valence electrons. The van der Waals surface area contributed by atoms with Crippen molar-refractivity contribution in [2.75, 3.05) is 18.9 Å². The van der Waals surface area contributed by atoms with E-state index in [0.29, 0.717) is 18.4 Å². The van der Waals surface area contributed by atoms with Crippen LogP contribution < -0.4 is 5.32 Å². The number of carbonyl (C=O) groups excluding carboxylic acids is 1. The predicted molar refractivity (Wildman–Crippen MR) is 89.7 cm³/mol. The van der Waals surface area contributed by atoms with E-state index in [1.165, 1.54) is 17.3 Å². The second kappa shape index (κ2) is 10.7. The van der Waals surface area contributed by atoms with E-state index in [0.717, 1.165) is 30.7 Å². The first-order chi connectivity index (χ1) is 10.2. The third-order valence-electron chi connectivity index (χ3n) is 3.18. The average molecular weight is 309 g/mol. The summed E-state index contributed by atoms with van der Waals surface area (Å²) >= 11 is 1.54. The molecule has 1 rings (SSSR count). The number of nitrogens with one attached hydrogen (secondary N) is 1. The molecule has 1 atom stereocenters. The molecule has 0 aliphatic carbocycles. The van der Waals surface area contributed by atoms with Gasteiger partial charge in [0.15, 0.2) is 0 Å². The molecule has 0 bridgehead atoms. The molecule has 1 aromatic rings. The van der Waals surface area contributed by atoms with Gasteiger partial charge in [-0.05, 0) is 44.0 Å². The second-order valence-corrected chi connectivity index (χ2v) is 6.16. The zero-order valence-electron chi connectivity index (χ0n) is 13.4. The first-order valence-corrected chi connectivity index (χ1v) is 8.77. The van der Waals surface area contributed by atoms with Crippen LogP contribution in [0, 0.1) is 0 Å². The molecule has 1 aromatic carbocycles. The molecule has 0 aromatic heterocycles. The summed E-state index contributed by atoms with van der Waals surface area (Å²) < 4.78 is 5.16. The summed E-state index contributed by atoms with van der Waals surface area (Å²) in [4.78, 5) is 12.7. The minimum Gasteiger partial charge on any atom is -0.465 e. The van der Waals surface area contributed by atoms with Gasteiger partial charge in [0, 0.05) is 10.9 Å². The number of unbranched alkanes of at least 4 members (excludes halogenated alkanes) is 1. The van der Waals surface area contributed by atoms with Crippen molar-refractivity contribution >= 4 is 17.7 Å². The van der Waals surface area contributed by atoms with E-state index in [4.69, 9.17) is 4.74 Å². The molecule has 0 heterocycles. The van der Waals surface area contributed by atoms with Crippen LogP contribution in [-0.2, 0) is 9.53 Å². The summed E-state index contributed by atoms with van der Waals surface area (Å²) in [5.74, 6) is 0.250. The SMILES string of the molecule is CCCCOC(=O)CSc1cccc(C(C)NCCC)c1. The number of carbonyl (C=O) groups is 1. The Morgan fingerprint density at radius 1 is 1.33 bits per heavy atom. The first kappa shape index (κ1) is 18.1. The van der Waals surface area contributed by atoms with Crippen molar-refractivity contribution in [2.24, 2.45) is 0 Å². The highest BCUT2D eigenvalue weighted by Gasteiger charge is 2.07. The zero-order chi connectivity index (χ0) is 15.5. The lowest BCUT2D eigenvalue weighted by Crippen LogP contribution is -2.19. The maximum Gasteiger partial charge on any atom is 0.316 e. The highest BCUT2D eigenvalue weighted by molar-refractivity contribution is 8.00. The summed E-state index contributed by atoms with van der Waals surface area (Å²) in [7, 11) is 0. The molecule has 0 radical (unpaired) electrons. The van der Waals surface area contributed by atoms with Crippen LogP contribution in [0.4, 0.5) is 0 Å². The fourth-order valence-electron chi connectivity index (χ4n) is 1.87. The fourth-order valence-corrected chi connectivity index (χ4v) is 2.63. The Morgan fingerprint density at radius 3 is 2.86 bits per heavy atom. The number of thioether (sulfide) groups is 1. The van der Waals surface area contributed by atoms with Gasteiger partial charge in [-0.25, -0.2) is 0 Å². The van der Waals surface area contributed by atoms with Crippen molar-refractivity contribution in [3.8, 4) is 0 Å². The quantitative estimate of drug-likeness (QED) is 0.400. The summed E-state index contributed by atoms with van der Waals surface area (Å²) in [5.41, 5.74) is 1.26. The van der Waals surface area contributed by atoms with E-state index in [-0.39, 0.29) is 5.97 Å². The average Bonchev–Trinajstić information content (AvgIpc) is 2.51. The van der Waals surface area contributed by atoms with Gasteiger partial charge in [-0.2, -0.15) is 0 Å². The van der Waals surface area contributed by atoms with Crippen molar-refractivity contribution < 1.29 is 9.53 Å². The van der Waals surface area contributed by atoms with E-state index in [1.54, 1.807) is 0 Å². The Hall–Kier alpha value is -1.00. The number of hydrogen-bond acceptors (Lipinski definition) is 4. The van der Waals surface area contributed by atoms with Gasteiger partial charge in [0.1, 0.15) is 0 Å². The van der Waals surface area contributed by atoms with Crippen molar-refractivity contribution in [3.05, 3.63) is 29.8 Å². The third kappa shape index (κ3) is 7.53. The van der Waals surface area contributed by atoms with Gasteiger partial charge < -0.3 is 10.1 Å². The Kier molecular flexibility index (Phi) is 9.19. The number of esters is 1. The van der Waals surface area contributed by atoms with E-state index in [1.807, 2.05) is 12.1 Å². The number of ether oxygens (including phenoxy) is 1. The van der Waals surface area contributed by atoms with Crippen LogP contribution in [0.5, 0.6) is 0 Å². The van der Waals surface area contributed by atoms with Crippen LogP contribution in [-0.4, -0.2) is 24.9 Å². The molecule has 1 N–H and O–H groups in total. The molecule has 3 nitrogen and oxygen atoms in total. The standard InChI is InChI=1S/C17H27NO2S/c1-4-6-11-20-17(19)13-21-16-9-7-8-15(12-16)14(3)18-10-5-2/h7-9,12,14,18H,4-6,10-11,13H2,1-3H3. The normalized spacial score (nSPS) is 12.1. The van der Waals surface area contributed by atoms with Gasteiger partial charge in [0.25, 0.3) is 0 Å². The van der Waals surface area contributed by atoms with Crippen LogP contribution in [0.25, 0.3) is 0 Å². The molecule has 0 fully saturated rings. The maximum atomic E-state index is 11.6. The number of rotatable bonds is 10. The Morgan fingerprint density at radius 2 is 2.14 bits per heavy atom. The lowest BCUT2D eigenvalue weighted by atomic mass is 10.1. The predicted octanol–water partition coefficient (Wildman–Crippen LogP) is 4.18. The number of hydrogen-bond donors (Lipinski definition) is 1. The van der Waals surface area contributed by atoms with Gasteiger partial charge in [0.2, 0.25) is 0 Å². The van der Waals surface area contributed by atoms with E-state index in [2.05, 4.69) is 38.2 Å². The molecular formula is C17H27NO2S. The summed E-state index contributed by atoms with van der Waals surface area (Å²) in [6.07, 6.45) is 3.11. The summed E-state index contributed by atoms with van der Waals surface area (Å²) in [6, 6.07) is 8.69. The Bertz CT molecular complexity index is 423. The molecule has 0 saturated heterocycles. The first-order valence-electron chi connectivity index (χ1n) is 7.79. The lowest BCUT2D eigenvalue weighted by Gasteiger charge is -2.14. The van der Waals surface area contributed by atoms with Crippen molar-refractivity contribution in [1.82, 2.24) is 5.32 Å².